The van der Waals surface area contributed by atoms with Gasteiger partial charge in [-0.15, -0.1) is 12.4 Å². The Kier molecular flexibility index (Phi) is 6.13. The molecule has 0 bridgehead atoms. The molecule has 1 saturated heterocycles. The van der Waals surface area contributed by atoms with Crippen LogP contribution in [0, 0.1) is 0 Å². The predicted octanol–water partition coefficient (Wildman–Crippen LogP) is 4.97. The third kappa shape index (κ3) is 3.63. The second-order valence-electron chi connectivity index (χ2n) is 6.84. The van der Waals surface area contributed by atoms with E-state index >= 15 is 0 Å². The zero-order valence-corrected chi connectivity index (χ0v) is 14.3. The monoisotopic (exact) mass is 307 g/mol. The lowest BCUT2D eigenvalue weighted by Gasteiger charge is -2.42. The molecule has 0 radical (unpaired) electrons. The van der Waals surface area contributed by atoms with Crippen LogP contribution in [0.3, 0.4) is 0 Å². The van der Waals surface area contributed by atoms with Gasteiger partial charge in [0.15, 0.2) is 0 Å². The van der Waals surface area contributed by atoms with Crippen molar-refractivity contribution in [3.8, 4) is 0 Å². The summed E-state index contributed by atoms with van der Waals surface area (Å²) < 4.78 is 0. The van der Waals surface area contributed by atoms with E-state index in [0.29, 0.717) is 5.41 Å². The van der Waals surface area contributed by atoms with Crippen LogP contribution in [-0.2, 0) is 11.8 Å². The Morgan fingerprint density at radius 3 is 2.57 bits per heavy atom. The molecular weight excluding hydrogens is 278 g/mol. The number of piperidine rings is 1. The highest BCUT2D eigenvalue weighted by Gasteiger charge is 2.37. The highest BCUT2D eigenvalue weighted by molar-refractivity contribution is 5.85. The van der Waals surface area contributed by atoms with E-state index in [0.717, 1.165) is 0 Å². The fourth-order valence-electron chi connectivity index (χ4n) is 4.27. The molecule has 0 N–H and O–H groups in total. The van der Waals surface area contributed by atoms with Crippen LogP contribution in [0.2, 0.25) is 0 Å². The first-order valence-corrected chi connectivity index (χ1v) is 8.65. The van der Waals surface area contributed by atoms with E-state index in [1.54, 1.807) is 11.1 Å². The Morgan fingerprint density at radius 1 is 1.05 bits per heavy atom. The van der Waals surface area contributed by atoms with Gasteiger partial charge in [-0.25, -0.2) is 0 Å². The maximum atomic E-state index is 2.70. The highest BCUT2D eigenvalue weighted by atomic mass is 35.5. The van der Waals surface area contributed by atoms with Crippen molar-refractivity contribution >= 4 is 12.4 Å². The number of halogens is 1. The summed E-state index contributed by atoms with van der Waals surface area (Å²) >= 11 is 0. The Morgan fingerprint density at radius 2 is 1.81 bits per heavy atom. The zero-order chi connectivity index (χ0) is 13.8. The van der Waals surface area contributed by atoms with Crippen molar-refractivity contribution in [1.82, 2.24) is 4.90 Å². The molecule has 2 heteroatoms. The summed E-state index contributed by atoms with van der Waals surface area (Å²) in [6, 6.07) is 9.30. The topological polar surface area (TPSA) is 3.24 Å². The smallest absolute Gasteiger partial charge is 0.00102 e. The molecule has 0 saturated carbocycles. The number of benzene rings is 1. The summed E-state index contributed by atoms with van der Waals surface area (Å²) in [5, 5.41) is 0. The molecule has 21 heavy (non-hydrogen) atoms. The first-order valence-electron chi connectivity index (χ1n) is 8.65. The van der Waals surface area contributed by atoms with Gasteiger partial charge in [0.05, 0.1) is 0 Å². The second kappa shape index (κ2) is 7.65. The molecule has 1 heterocycles. The summed E-state index contributed by atoms with van der Waals surface area (Å²) in [6.07, 6.45) is 11.0. The lowest BCUT2D eigenvalue weighted by Crippen LogP contribution is -2.43. The van der Waals surface area contributed by atoms with Crippen molar-refractivity contribution in [2.75, 3.05) is 19.6 Å². The summed E-state index contributed by atoms with van der Waals surface area (Å²) in [6.45, 7) is 6.24. The number of rotatable bonds is 3. The minimum atomic E-state index is 0. The maximum absolute atomic E-state index is 2.70. The molecule has 1 spiro atoms. The van der Waals surface area contributed by atoms with E-state index < -0.39 is 0 Å². The van der Waals surface area contributed by atoms with Gasteiger partial charge in [0.25, 0.3) is 0 Å². The van der Waals surface area contributed by atoms with E-state index in [-0.39, 0.29) is 12.4 Å². The molecular formula is C19H30ClN. The molecule has 1 aromatic rings. The van der Waals surface area contributed by atoms with Crippen LogP contribution in [0.15, 0.2) is 24.3 Å². The van der Waals surface area contributed by atoms with Gasteiger partial charge in [0.2, 0.25) is 0 Å². The van der Waals surface area contributed by atoms with Gasteiger partial charge in [-0.3, -0.25) is 0 Å². The fraction of sp³-hybridized carbons (Fsp3) is 0.684. The van der Waals surface area contributed by atoms with Crippen molar-refractivity contribution in [3.05, 3.63) is 35.4 Å². The van der Waals surface area contributed by atoms with E-state index in [2.05, 4.69) is 36.1 Å². The minimum absolute atomic E-state index is 0. The maximum Gasteiger partial charge on any atom is -0.00102 e. The van der Waals surface area contributed by atoms with E-state index in [1.165, 1.54) is 71.0 Å². The predicted molar refractivity (Wildman–Crippen MR) is 93.5 cm³/mol. The molecule has 0 amide bonds. The molecule has 3 rings (SSSR count). The Balaban J connectivity index is 0.00000161. The van der Waals surface area contributed by atoms with Crippen LogP contribution in [0.5, 0.6) is 0 Å². The number of hydrogen-bond acceptors (Lipinski definition) is 1. The normalized spacial score (nSPS) is 21.4. The standard InChI is InChI=1S/C19H29N.ClH/c1-2-3-14-20-15-12-19(13-16-20)11-7-6-9-17-8-4-5-10-18(17)19;/h4-5,8,10H,2-3,6-7,9,11-16H2,1H3;1H. The van der Waals surface area contributed by atoms with Crippen molar-refractivity contribution in [1.29, 1.82) is 0 Å². The quantitative estimate of drug-likeness (QED) is 0.762. The molecule has 118 valence electrons. The Labute approximate surface area is 136 Å². The average Bonchev–Trinajstić information content (AvgIpc) is 2.68. The number of nitrogens with zero attached hydrogens (tertiary/aromatic N) is 1. The van der Waals surface area contributed by atoms with Crippen LogP contribution in [-0.4, -0.2) is 24.5 Å². The van der Waals surface area contributed by atoms with Gasteiger partial charge in [-0.2, -0.15) is 0 Å². The average molecular weight is 308 g/mol. The van der Waals surface area contributed by atoms with Crippen LogP contribution in [0.1, 0.15) is 63.0 Å². The van der Waals surface area contributed by atoms with Gasteiger partial charge in [-0.1, -0.05) is 44.0 Å². The highest BCUT2D eigenvalue weighted by Crippen LogP contribution is 2.43. The minimum Gasteiger partial charge on any atom is -0.303 e. The van der Waals surface area contributed by atoms with Gasteiger partial charge >= 0.3 is 0 Å². The molecule has 0 unspecified atom stereocenters. The van der Waals surface area contributed by atoms with Crippen LogP contribution < -0.4 is 0 Å². The Hall–Kier alpha value is -0.530. The number of likely N-dealkylation sites (tertiary alicyclic amines) is 1. The number of hydrogen-bond donors (Lipinski definition) is 0. The molecule has 2 aliphatic rings. The van der Waals surface area contributed by atoms with E-state index in [4.69, 9.17) is 0 Å². The van der Waals surface area contributed by atoms with Gasteiger partial charge in [0, 0.05) is 0 Å². The zero-order valence-electron chi connectivity index (χ0n) is 13.4. The summed E-state index contributed by atoms with van der Waals surface area (Å²) in [4.78, 5) is 2.70. The molecule has 0 atom stereocenters. The lowest BCUT2D eigenvalue weighted by molar-refractivity contribution is 0.149. The summed E-state index contributed by atoms with van der Waals surface area (Å²) in [7, 11) is 0. The number of unbranched alkanes of at least 4 members (excludes halogenated alkanes) is 1. The summed E-state index contributed by atoms with van der Waals surface area (Å²) in [5.41, 5.74) is 3.86. The van der Waals surface area contributed by atoms with Crippen LogP contribution in [0.25, 0.3) is 0 Å². The van der Waals surface area contributed by atoms with Crippen LogP contribution >= 0.6 is 12.4 Å². The van der Waals surface area contributed by atoms with Crippen LogP contribution in [0.4, 0.5) is 0 Å². The second-order valence-corrected chi connectivity index (χ2v) is 6.84. The Bertz CT molecular complexity index is 435. The molecule has 1 aromatic carbocycles. The SMILES string of the molecule is CCCCN1CCC2(CCCCc3ccccc32)CC1.Cl. The fourth-order valence-corrected chi connectivity index (χ4v) is 4.27. The van der Waals surface area contributed by atoms with Gasteiger partial charge < -0.3 is 4.90 Å². The lowest BCUT2D eigenvalue weighted by atomic mass is 9.69. The third-order valence-corrected chi connectivity index (χ3v) is 5.58. The van der Waals surface area contributed by atoms with E-state index in [9.17, 15) is 0 Å². The van der Waals surface area contributed by atoms with Crippen molar-refractivity contribution < 1.29 is 0 Å². The van der Waals surface area contributed by atoms with Crippen molar-refractivity contribution in [2.24, 2.45) is 0 Å². The van der Waals surface area contributed by atoms with Crippen molar-refractivity contribution in [3.63, 3.8) is 0 Å². The first-order chi connectivity index (χ1) is 9.84. The molecule has 1 fully saturated rings. The summed E-state index contributed by atoms with van der Waals surface area (Å²) in [5.74, 6) is 0. The van der Waals surface area contributed by atoms with Gasteiger partial charge in [0.1, 0.15) is 0 Å². The van der Waals surface area contributed by atoms with E-state index in [1.807, 2.05) is 0 Å². The van der Waals surface area contributed by atoms with Gasteiger partial charge in [-0.05, 0) is 74.7 Å². The molecule has 1 aliphatic carbocycles. The number of aryl methyl sites for hydroxylation is 1. The molecule has 1 nitrogen and oxygen atoms in total. The largest absolute Gasteiger partial charge is 0.303 e. The van der Waals surface area contributed by atoms with Crippen molar-refractivity contribution in [2.45, 2.75) is 63.7 Å². The molecule has 0 aromatic heterocycles. The first kappa shape index (κ1) is 16.8. The number of fused-ring (bicyclic) bond motifs is 2. The third-order valence-electron chi connectivity index (χ3n) is 5.58. The molecule has 1 aliphatic heterocycles.